The summed E-state index contributed by atoms with van der Waals surface area (Å²) in [5.74, 6) is -2.84. The van der Waals surface area contributed by atoms with Crippen molar-refractivity contribution in [2.75, 3.05) is 6.54 Å². The Morgan fingerprint density at radius 2 is 1.83 bits per heavy atom. The Bertz CT molecular complexity index is 1010. The number of Topliss-reactive ketones (excluding diaryl/α,β-unsaturated/α-hetero) is 1. The number of hydrogen-bond donors (Lipinski definition) is 4. The number of ketones is 1. The molecule has 1 aliphatic carbocycles. The van der Waals surface area contributed by atoms with Gasteiger partial charge in [0, 0.05) is 17.6 Å². The minimum Gasteiger partial charge on any atom is -0.483 e. The third-order valence-electron chi connectivity index (χ3n) is 5.76. The molecule has 0 amide bonds. The van der Waals surface area contributed by atoms with Gasteiger partial charge in [0.1, 0.15) is 5.75 Å². The maximum absolute atomic E-state index is 11.7. The van der Waals surface area contributed by atoms with Crippen LogP contribution in [0.15, 0.2) is 42.5 Å². The number of aliphatic hydroxyl groups is 1. The van der Waals surface area contributed by atoms with Gasteiger partial charge in [0.15, 0.2) is 11.9 Å². The number of rotatable bonds is 8. The molecule has 0 fully saturated rings. The molecule has 2 aromatic carbocycles. The molecule has 0 spiro atoms. The van der Waals surface area contributed by atoms with Gasteiger partial charge in [-0.1, -0.05) is 36.7 Å². The Morgan fingerprint density at radius 1 is 1.11 bits per heavy atom. The number of fused-ring (bicyclic) bond motifs is 1. The minimum absolute atomic E-state index is 0.0528. The molecule has 4 N–H and O–H groups in total. The van der Waals surface area contributed by atoms with Crippen LogP contribution in [0.4, 0.5) is 0 Å². The highest BCUT2D eigenvalue weighted by Gasteiger charge is 2.20. The number of carboxylic acids is 2. The fraction of sp³-hybridized carbons (Fsp3) is 0.423. The maximum Gasteiger partial charge on any atom is 0.414 e. The summed E-state index contributed by atoms with van der Waals surface area (Å²) in [5.41, 5.74) is 3.42. The zero-order valence-electron chi connectivity index (χ0n) is 19.9. The van der Waals surface area contributed by atoms with Crippen LogP contribution in [0.3, 0.4) is 0 Å². The molecule has 0 saturated carbocycles. The van der Waals surface area contributed by atoms with Crippen LogP contribution >= 0.6 is 11.6 Å². The highest BCUT2D eigenvalue weighted by atomic mass is 35.5. The van der Waals surface area contributed by atoms with Gasteiger partial charge in [-0.3, -0.25) is 4.79 Å². The third kappa shape index (κ3) is 9.32. The number of halogens is 1. The van der Waals surface area contributed by atoms with E-state index in [4.69, 9.17) is 36.1 Å². The minimum atomic E-state index is -1.82. The van der Waals surface area contributed by atoms with E-state index in [1.54, 1.807) is 13.0 Å². The second-order valence-corrected chi connectivity index (χ2v) is 8.87. The maximum atomic E-state index is 11.7. The van der Waals surface area contributed by atoms with E-state index in [2.05, 4.69) is 17.4 Å². The van der Waals surface area contributed by atoms with Crippen molar-refractivity contribution < 1.29 is 34.4 Å². The van der Waals surface area contributed by atoms with Gasteiger partial charge in [-0.25, -0.2) is 9.59 Å². The lowest BCUT2D eigenvalue weighted by molar-refractivity contribution is -0.159. The van der Waals surface area contributed by atoms with E-state index in [-0.39, 0.29) is 17.9 Å². The first-order valence-corrected chi connectivity index (χ1v) is 11.9. The zero-order chi connectivity index (χ0) is 26.0. The Kier molecular flexibility index (Phi) is 11.2. The molecular weight excluding hydrogens is 474 g/mol. The highest BCUT2D eigenvalue weighted by Crippen LogP contribution is 2.26. The number of carbonyl (C=O) groups excluding carboxylic acids is 1. The van der Waals surface area contributed by atoms with Crippen LogP contribution < -0.4 is 10.1 Å². The number of aryl methyl sites for hydroxylation is 1. The van der Waals surface area contributed by atoms with E-state index >= 15 is 0 Å². The lowest BCUT2D eigenvalue weighted by Crippen LogP contribution is -2.34. The lowest BCUT2D eigenvalue weighted by Gasteiger charge is -2.21. The summed E-state index contributed by atoms with van der Waals surface area (Å²) in [4.78, 5) is 29.9. The van der Waals surface area contributed by atoms with Gasteiger partial charge in [-0.15, -0.1) is 0 Å². The topological polar surface area (TPSA) is 133 Å². The van der Waals surface area contributed by atoms with E-state index in [1.807, 2.05) is 31.2 Å². The molecule has 0 radical (unpaired) electrons. The smallest absolute Gasteiger partial charge is 0.414 e. The average Bonchev–Trinajstić information content (AvgIpc) is 3.02. The quantitative estimate of drug-likeness (QED) is 0.314. The van der Waals surface area contributed by atoms with Crippen LogP contribution in [-0.4, -0.2) is 51.7 Å². The van der Waals surface area contributed by atoms with Gasteiger partial charge < -0.3 is 25.4 Å². The number of carboxylic acid groups (broad SMARTS) is 2. The highest BCUT2D eigenvalue weighted by molar-refractivity contribution is 6.30. The van der Waals surface area contributed by atoms with Gasteiger partial charge in [0.2, 0.25) is 0 Å². The fourth-order valence-electron chi connectivity index (χ4n) is 3.92. The zero-order valence-corrected chi connectivity index (χ0v) is 20.6. The van der Waals surface area contributed by atoms with E-state index in [0.717, 1.165) is 37.0 Å². The lowest BCUT2D eigenvalue weighted by atomic mass is 10.0. The summed E-state index contributed by atoms with van der Waals surface area (Å²) < 4.78 is 5.91. The number of ether oxygens (including phenoxy) is 1. The van der Waals surface area contributed by atoms with Crippen molar-refractivity contribution in [3.63, 3.8) is 0 Å². The van der Waals surface area contributed by atoms with Gasteiger partial charge in [0.05, 0.1) is 6.10 Å². The third-order valence-corrected chi connectivity index (χ3v) is 6.00. The molecule has 3 atom stereocenters. The largest absolute Gasteiger partial charge is 0.483 e. The van der Waals surface area contributed by atoms with Gasteiger partial charge in [-0.05, 0) is 80.0 Å². The molecule has 0 aromatic heterocycles. The molecular formula is C26H32ClNO7. The average molecular weight is 506 g/mol. The predicted molar refractivity (Wildman–Crippen MR) is 132 cm³/mol. The van der Waals surface area contributed by atoms with Crippen molar-refractivity contribution in [1.82, 2.24) is 5.32 Å². The van der Waals surface area contributed by atoms with E-state index in [1.165, 1.54) is 11.1 Å². The Labute approximate surface area is 209 Å². The van der Waals surface area contributed by atoms with Gasteiger partial charge in [0.25, 0.3) is 0 Å². The molecule has 9 heteroatoms. The summed E-state index contributed by atoms with van der Waals surface area (Å²) in [5, 5.41) is 29.4. The van der Waals surface area contributed by atoms with Crippen LogP contribution in [-0.2, 0) is 27.2 Å². The van der Waals surface area contributed by atoms with Crippen molar-refractivity contribution in [2.45, 2.75) is 64.2 Å². The molecule has 1 unspecified atom stereocenters. The first-order valence-electron chi connectivity index (χ1n) is 11.5. The molecule has 2 aromatic rings. The summed E-state index contributed by atoms with van der Waals surface area (Å²) >= 11 is 6.03. The number of nitrogens with one attached hydrogen (secondary N) is 1. The Hall–Kier alpha value is -2.94. The Morgan fingerprint density at radius 3 is 2.43 bits per heavy atom. The van der Waals surface area contributed by atoms with Crippen molar-refractivity contribution in [2.24, 2.45) is 0 Å². The first-order chi connectivity index (χ1) is 16.6. The van der Waals surface area contributed by atoms with Crippen molar-refractivity contribution in [1.29, 1.82) is 0 Å². The van der Waals surface area contributed by atoms with Crippen molar-refractivity contribution >= 4 is 29.3 Å². The summed E-state index contributed by atoms with van der Waals surface area (Å²) in [6.07, 6.45) is 3.76. The van der Waals surface area contributed by atoms with E-state index in [9.17, 15) is 9.90 Å². The van der Waals surface area contributed by atoms with Crippen LogP contribution in [0.2, 0.25) is 5.02 Å². The van der Waals surface area contributed by atoms with Crippen LogP contribution in [0.1, 0.15) is 55.9 Å². The standard InChI is InChI=1S/C24H30ClNO3.C2H2O4/c1-3-24(16(2)27)29-22-11-10-17-6-5-9-21(13-19(17)14-22)26-15-23(28)18-7-4-8-20(25)12-18;3-1(4)2(5)6/h4,7-8,10-12,14,21,23-24,26,28H,3,5-6,9,13,15H2,1-2H3;(H,3,4)(H,5,6)/t21-,23-,24?;/m0./s1. The number of aliphatic hydroxyl groups excluding tert-OH is 1. The fourth-order valence-corrected chi connectivity index (χ4v) is 4.12. The second kappa shape index (κ2) is 13.8. The van der Waals surface area contributed by atoms with Gasteiger partial charge >= 0.3 is 11.9 Å². The van der Waals surface area contributed by atoms with Crippen molar-refractivity contribution in [3.8, 4) is 5.75 Å². The molecule has 0 aliphatic heterocycles. The van der Waals surface area contributed by atoms with E-state index in [0.29, 0.717) is 18.0 Å². The summed E-state index contributed by atoms with van der Waals surface area (Å²) in [6.45, 7) is 4.02. The van der Waals surface area contributed by atoms with Crippen LogP contribution in [0.25, 0.3) is 0 Å². The number of carbonyl (C=O) groups is 3. The molecule has 3 rings (SSSR count). The second-order valence-electron chi connectivity index (χ2n) is 8.44. The molecule has 35 heavy (non-hydrogen) atoms. The number of aliphatic carboxylic acids is 2. The summed E-state index contributed by atoms with van der Waals surface area (Å²) in [7, 11) is 0. The van der Waals surface area contributed by atoms with Crippen LogP contribution in [0, 0.1) is 0 Å². The molecule has 8 nitrogen and oxygen atoms in total. The molecule has 0 saturated heterocycles. The number of benzene rings is 2. The van der Waals surface area contributed by atoms with Crippen LogP contribution in [0.5, 0.6) is 5.75 Å². The first kappa shape index (κ1) is 28.3. The molecule has 190 valence electrons. The normalized spacial score (nSPS) is 16.5. The predicted octanol–water partition coefficient (Wildman–Crippen LogP) is 3.81. The number of hydrogen-bond acceptors (Lipinski definition) is 6. The monoisotopic (exact) mass is 505 g/mol. The van der Waals surface area contributed by atoms with Crippen molar-refractivity contribution in [3.05, 3.63) is 64.2 Å². The van der Waals surface area contributed by atoms with E-state index < -0.39 is 18.0 Å². The van der Waals surface area contributed by atoms with Gasteiger partial charge in [-0.2, -0.15) is 0 Å². The molecule has 0 bridgehead atoms. The Balaban J connectivity index is 0.000000641. The SMILES string of the molecule is CCC(Oc1ccc2c(c1)C[C@@H](NC[C@H](O)c1cccc(Cl)c1)CCC2)C(C)=O.O=C(O)C(=O)O. The molecule has 0 heterocycles. The molecule has 1 aliphatic rings. The summed E-state index contributed by atoms with van der Waals surface area (Å²) in [6, 6.07) is 13.8.